The number of nitrogens with one attached hydrogen (secondary N) is 1. The zero-order valence-electron chi connectivity index (χ0n) is 13.0. The van der Waals surface area contributed by atoms with Crippen LogP contribution in [0.2, 0.25) is 0 Å². The molecule has 3 atom stereocenters. The van der Waals surface area contributed by atoms with Crippen molar-refractivity contribution in [1.82, 2.24) is 5.32 Å². The number of carboxylic acids is 1. The minimum absolute atomic E-state index is 0.00977. The Labute approximate surface area is 125 Å². The number of hydrogen-bond donors (Lipinski definition) is 2. The second-order valence-corrected chi connectivity index (χ2v) is 6.66. The molecule has 4 heteroatoms. The van der Waals surface area contributed by atoms with Crippen LogP contribution in [0.5, 0.6) is 0 Å². The van der Waals surface area contributed by atoms with E-state index in [0.29, 0.717) is 0 Å². The number of aliphatic carboxylic acids is 1. The van der Waals surface area contributed by atoms with Crippen LogP contribution in [0, 0.1) is 24.2 Å². The van der Waals surface area contributed by atoms with Crippen molar-refractivity contribution in [3.05, 3.63) is 35.4 Å². The van der Waals surface area contributed by atoms with Gasteiger partial charge in [-0.2, -0.15) is 0 Å². The van der Waals surface area contributed by atoms with Crippen LogP contribution in [0.3, 0.4) is 0 Å². The number of carbonyl (C=O) groups excluding carboxylic acids is 1. The second kappa shape index (κ2) is 5.51. The first-order valence-corrected chi connectivity index (χ1v) is 7.33. The fourth-order valence-electron chi connectivity index (χ4n) is 3.14. The van der Waals surface area contributed by atoms with Gasteiger partial charge in [-0.3, -0.25) is 9.59 Å². The third-order valence-corrected chi connectivity index (χ3v) is 4.55. The third kappa shape index (κ3) is 3.09. The van der Waals surface area contributed by atoms with Gasteiger partial charge in [-0.1, -0.05) is 38.1 Å². The Hall–Kier alpha value is -1.84. The van der Waals surface area contributed by atoms with E-state index in [1.54, 1.807) is 0 Å². The lowest BCUT2D eigenvalue weighted by molar-refractivity contribution is -0.140. The fraction of sp³-hybridized carbons (Fsp3) is 0.529. The number of hydrogen-bond acceptors (Lipinski definition) is 2. The van der Waals surface area contributed by atoms with Crippen LogP contribution in [-0.4, -0.2) is 23.0 Å². The average molecular weight is 289 g/mol. The van der Waals surface area contributed by atoms with Crippen LogP contribution in [0.15, 0.2) is 24.3 Å². The normalized spacial score (nSPS) is 24.2. The van der Waals surface area contributed by atoms with Gasteiger partial charge in [0, 0.05) is 6.04 Å². The topological polar surface area (TPSA) is 66.4 Å². The number of carbonyl (C=O) groups is 2. The standard InChI is InChI=1S/C17H23NO3/c1-10-7-5-6-8-12(10)9-11(2)18-15(19)13-14(16(20)21)17(13,3)4/h5-8,11,13-14H,9H2,1-4H3,(H,18,19)(H,20,21). The monoisotopic (exact) mass is 289 g/mol. The van der Waals surface area contributed by atoms with Crippen LogP contribution in [-0.2, 0) is 16.0 Å². The highest BCUT2D eigenvalue weighted by atomic mass is 16.4. The number of aryl methyl sites for hydroxylation is 1. The number of carboxylic acid groups (broad SMARTS) is 1. The molecule has 114 valence electrons. The Morgan fingerprint density at radius 1 is 1.29 bits per heavy atom. The van der Waals surface area contributed by atoms with Crippen LogP contribution in [0.25, 0.3) is 0 Å². The summed E-state index contributed by atoms with van der Waals surface area (Å²) in [5.74, 6) is -2.02. The van der Waals surface area contributed by atoms with Gasteiger partial charge in [0.2, 0.25) is 5.91 Å². The van der Waals surface area contributed by atoms with Crippen molar-refractivity contribution < 1.29 is 14.7 Å². The van der Waals surface area contributed by atoms with Crippen molar-refractivity contribution in [2.24, 2.45) is 17.3 Å². The molecule has 1 fully saturated rings. The molecule has 1 aromatic carbocycles. The SMILES string of the molecule is Cc1ccccc1CC(C)NC(=O)C1C(C(=O)O)C1(C)C. The summed E-state index contributed by atoms with van der Waals surface area (Å²) in [6, 6.07) is 8.07. The Morgan fingerprint density at radius 2 is 1.90 bits per heavy atom. The highest BCUT2D eigenvalue weighted by Gasteiger charge is 2.65. The quantitative estimate of drug-likeness (QED) is 0.874. The van der Waals surface area contributed by atoms with Gasteiger partial charge < -0.3 is 10.4 Å². The molecule has 0 spiro atoms. The van der Waals surface area contributed by atoms with Crippen molar-refractivity contribution in [3.63, 3.8) is 0 Å². The molecule has 1 aliphatic carbocycles. The molecule has 2 rings (SSSR count). The molecular weight excluding hydrogens is 266 g/mol. The molecule has 0 bridgehead atoms. The molecule has 0 heterocycles. The predicted molar refractivity (Wildman–Crippen MR) is 80.9 cm³/mol. The zero-order chi connectivity index (χ0) is 15.8. The Kier molecular flexibility index (Phi) is 4.08. The highest BCUT2D eigenvalue weighted by Crippen LogP contribution is 2.58. The Bertz CT molecular complexity index is 565. The van der Waals surface area contributed by atoms with Crippen molar-refractivity contribution in [2.75, 3.05) is 0 Å². The average Bonchev–Trinajstić information content (AvgIpc) is 2.95. The van der Waals surface area contributed by atoms with Crippen LogP contribution >= 0.6 is 0 Å². The smallest absolute Gasteiger partial charge is 0.307 e. The van der Waals surface area contributed by atoms with E-state index in [4.69, 9.17) is 5.11 Å². The number of benzene rings is 1. The fourth-order valence-corrected chi connectivity index (χ4v) is 3.14. The summed E-state index contributed by atoms with van der Waals surface area (Å²) in [6.45, 7) is 7.67. The van der Waals surface area contributed by atoms with Gasteiger partial charge in [0.15, 0.2) is 0 Å². The van der Waals surface area contributed by atoms with Gasteiger partial charge in [0.25, 0.3) is 0 Å². The maximum atomic E-state index is 12.2. The first-order valence-electron chi connectivity index (χ1n) is 7.33. The first-order chi connectivity index (χ1) is 9.75. The van der Waals surface area contributed by atoms with Crippen molar-refractivity contribution in [1.29, 1.82) is 0 Å². The molecular formula is C17H23NO3. The lowest BCUT2D eigenvalue weighted by atomic mass is 10.0. The van der Waals surface area contributed by atoms with E-state index in [9.17, 15) is 9.59 Å². The summed E-state index contributed by atoms with van der Waals surface area (Å²) in [7, 11) is 0. The lowest BCUT2D eigenvalue weighted by Crippen LogP contribution is -2.36. The molecule has 0 radical (unpaired) electrons. The zero-order valence-corrected chi connectivity index (χ0v) is 13.0. The molecule has 2 N–H and O–H groups in total. The molecule has 1 aromatic rings. The molecule has 0 saturated heterocycles. The largest absolute Gasteiger partial charge is 0.481 e. The van der Waals surface area contributed by atoms with Crippen LogP contribution in [0.1, 0.15) is 31.9 Å². The van der Waals surface area contributed by atoms with Gasteiger partial charge in [-0.05, 0) is 36.8 Å². The summed E-state index contributed by atoms with van der Waals surface area (Å²) in [5, 5.41) is 12.1. The number of rotatable bonds is 5. The molecule has 3 unspecified atom stereocenters. The summed E-state index contributed by atoms with van der Waals surface area (Å²) in [4.78, 5) is 23.4. The maximum absolute atomic E-state index is 12.2. The molecule has 1 amide bonds. The predicted octanol–water partition coefficient (Wildman–Crippen LogP) is 2.40. The van der Waals surface area contributed by atoms with E-state index in [0.717, 1.165) is 6.42 Å². The van der Waals surface area contributed by atoms with Crippen molar-refractivity contribution >= 4 is 11.9 Å². The second-order valence-electron chi connectivity index (χ2n) is 6.66. The van der Waals surface area contributed by atoms with Crippen LogP contribution < -0.4 is 5.32 Å². The van der Waals surface area contributed by atoms with Gasteiger partial charge in [-0.15, -0.1) is 0 Å². The van der Waals surface area contributed by atoms with E-state index in [-0.39, 0.29) is 11.9 Å². The molecule has 21 heavy (non-hydrogen) atoms. The van der Waals surface area contributed by atoms with Gasteiger partial charge in [0.1, 0.15) is 0 Å². The Morgan fingerprint density at radius 3 is 2.43 bits per heavy atom. The molecule has 1 aliphatic rings. The van der Waals surface area contributed by atoms with Gasteiger partial charge >= 0.3 is 5.97 Å². The number of amides is 1. The van der Waals surface area contributed by atoms with E-state index in [2.05, 4.69) is 11.4 Å². The van der Waals surface area contributed by atoms with Crippen molar-refractivity contribution in [2.45, 2.75) is 40.2 Å². The summed E-state index contributed by atoms with van der Waals surface area (Å²) in [5.41, 5.74) is 1.96. The van der Waals surface area contributed by atoms with E-state index < -0.39 is 23.2 Å². The highest BCUT2D eigenvalue weighted by molar-refractivity contribution is 5.91. The summed E-state index contributed by atoms with van der Waals surface area (Å²) < 4.78 is 0. The molecule has 1 saturated carbocycles. The van der Waals surface area contributed by atoms with Gasteiger partial charge in [-0.25, -0.2) is 0 Å². The lowest BCUT2D eigenvalue weighted by Gasteiger charge is -2.16. The maximum Gasteiger partial charge on any atom is 0.307 e. The first kappa shape index (κ1) is 15.5. The van der Waals surface area contributed by atoms with Crippen LogP contribution in [0.4, 0.5) is 0 Å². The van der Waals surface area contributed by atoms with Gasteiger partial charge in [0.05, 0.1) is 11.8 Å². The van der Waals surface area contributed by atoms with E-state index in [1.165, 1.54) is 11.1 Å². The summed E-state index contributed by atoms with van der Waals surface area (Å²) >= 11 is 0. The van der Waals surface area contributed by atoms with E-state index in [1.807, 2.05) is 45.9 Å². The molecule has 0 aliphatic heterocycles. The minimum Gasteiger partial charge on any atom is -0.481 e. The van der Waals surface area contributed by atoms with E-state index >= 15 is 0 Å². The van der Waals surface area contributed by atoms with Crippen molar-refractivity contribution in [3.8, 4) is 0 Å². The minimum atomic E-state index is -0.883. The molecule has 4 nitrogen and oxygen atoms in total. The molecule has 0 aromatic heterocycles. The third-order valence-electron chi connectivity index (χ3n) is 4.55. The summed E-state index contributed by atoms with van der Waals surface area (Å²) in [6.07, 6.45) is 0.753. The Balaban J connectivity index is 1.95.